The van der Waals surface area contributed by atoms with Gasteiger partial charge in [0, 0.05) is 37.7 Å². The number of anilines is 2. The number of rotatable bonds is 2. The maximum Gasteiger partial charge on any atom is 0.223 e. The van der Waals surface area contributed by atoms with Crippen LogP contribution < -0.4 is 10.6 Å². The molecule has 1 atom stereocenters. The van der Waals surface area contributed by atoms with Gasteiger partial charge in [-0.3, -0.25) is 4.79 Å². The van der Waals surface area contributed by atoms with E-state index in [1.54, 1.807) is 0 Å². The lowest BCUT2D eigenvalue weighted by Gasteiger charge is -2.39. The van der Waals surface area contributed by atoms with Crippen molar-refractivity contribution in [2.24, 2.45) is 0 Å². The quantitative estimate of drug-likeness (QED) is 0.871. The molecule has 2 saturated heterocycles. The Morgan fingerprint density at radius 2 is 2.15 bits per heavy atom. The number of nitrogen functional groups attached to an aromatic ring is 1. The van der Waals surface area contributed by atoms with Crippen LogP contribution in [0.4, 0.5) is 11.6 Å². The van der Waals surface area contributed by atoms with Crippen molar-refractivity contribution in [3.8, 4) is 0 Å². The van der Waals surface area contributed by atoms with Crippen LogP contribution in [0.3, 0.4) is 0 Å². The topological polar surface area (TPSA) is 75.3 Å². The lowest BCUT2D eigenvalue weighted by atomic mass is 10.0. The summed E-state index contributed by atoms with van der Waals surface area (Å²) in [5, 5.41) is 0. The number of fused-ring (bicyclic) bond motifs is 1. The summed E-state index contributed by atoms with van der Waals surface area (Å²) in [5.74, 6) is 2.08. The summed E-state index contributed by atoms with van der Waals surface area (Å²) < 4.78 is 0. The van der Waals surface area contributed by atoms with E-state index >= 15 is 0 Å². The standard InChI is InChI=1S/C14H21N5O/c1-9(2)12-13(15)16-8-17-14(12)18-5-6-19-10(7-18)3-4-11(19)20/h8-10H,3-7H2,1-2H3,(H2,15,16,17). The molecule has 0 aliphatic carbocycles. The minimum atomic E-state index is 0.287. The van der Waals surface area contributed by atoms with E-state index in [2.05, 4.69) is 28.7 Å². The minimum absolute atomic E-state index is 0.287. The van der Waals surface area contributed by atoms with Crippen LogP contribution in [-0.4, -0.2) is 46.5 Å². The largest absolute Gasteiger partial charge is 0.383 e. The van der Waals surface area contributed by atoms with Crippen molar-refractivity contribution in [3.63, 3.8) is 0 Å². The molecule has 0 spiro atoms. The molecular weight excluding hydrogens is 254 g/mol. The Balaban J connectivity index is 1.88. The molecule has 0 saturated carbocycles. The van der Waals surface area contributed by atoms with Crippen LogP contribution in [0, 0.1) is 0 Å². The molecule has 1 aromatic rings. The van der Waals surface area contributed by atoms with Crippen molar-refractivity contribution in [1.29, 1.82) is 0 Å². The number of aromatic nitrogens is 2. The third kappa shape index (κ3) is 2.09. The fraction of sp³-hybridized carbons (Fsp3) is 0.643. The number of nitrogens with zero attached hydrogens (tertiary/aromatic N) is 4. The second-order valence-electron chi connectivity index (χ2n) is 5.88. The van der Waals surface area contributed by atoms with Crippen LogP contribution in [-0.2, 0) is 4.79 Å². The first-order valence-electron chi connectivity index (χ1n) is 7.22. The van der Waals surface area contributed by atoms with Crippen molar-refractivity contribution in [3.05, 3.63) is 11.9 Å². The molecule has 1 unspecified atom stereocenters. The first-order valence-corrected chi connectivity index (χ1v) is 7.22. The molecule has 3 heterocycles. The molecule has 6 heteroatoms. The van der Waals surface area contributed by atoms with Crippen molar-refractivity contribution in [2.45, 2.75) is 38.6 Å². The van der Waals surface area contributed by atoms with E-state index in [1.165, 1.54) is 6.33 Å². The highest BCUT2D eigenvalue weighted by atomic mass is 16.2. The molecule has 20 heavy (non-hydrogen) atoms. The number of hydrogen-bond acceptors (Lipinski definition) is 5. The fourth-order valence-corrected chi connectivity index (χ4v) is 3.26. The maximum atomic E-state index is 11.7. The highest BCUT2D eigenvalue weighted by Crippen LogP contribution is 2.32. The number of nitrogens with two attached hydrogens (primary N) is 1. The van der Waals surface area contributed by atoms with Crippen molar-refractivity contribution >= 4 is 17.5 Å². The molecule has 1 amide bonds. The highest BCUT2D eigenvalue weighted by molar-refractivity contribution is 5.79. The van der Waals surface area contributed by atoms with Crippen molar-refractivity contribution in [2.75, 3.05) is 30.3 Å². The van der Waals surface area contributed by atoms with Crippen molar-refractivity contribution < 1.29 is 4.79 Å². The Labute approximate surface area is 119 Å². The van der Waals surface area contributed by atoms with Crippen LogP contribution in [0.1, 0.15) is 38.2 Å². The normalized spacial score (nSPS) is 22.6. The molecule has 108 valence electrons. The second kappa shape index (κ2) is 4.92. The summed E-state index contributed by atoms with van der Waals surface area (Å²) >= 11 is 0. The summed E-state index contributed by atoms with van der Waals surface area (Å²) in [5.41, 5.74) is 7.03. The molecule has 2 aliphatic rings. The Morgan fingerprint density at radius 3 is 2.90 bits per heavy atom. The first-order chi connectivity index (χ1) is 9.58. The monoisotopic (exact) mass is 275 g/mol. The zero-order valence-electron chi connectivity index (χ0n) is 12.0. The minimum Gasteiger partial charge on any atom is -0.383 e. The van der Waals surface area contributed by atoms with E-state index in [-0.39, 0.29) is 5.92 Å². The Bertz CT molecular complexity index is 530. The summed E-state index contributed by atoms with van der Waals surface area (Å²) in [4.78, 5) is 24.6. The molecule has 3 rings (SSSR count). The summed E-state index contributed by atoms with van der Waals surface area (Å²) in [6.45, 7) is 6.66. The zero-order valence-corrected chi connectivity index (χ0v) is 12.0. The van der Waals surface area contributed by atoms with Gasteiger partial charge in [-0.25, -0.2) is 9.97 Å². The average molecular weight is 275 g/mol. The van der Waals surface area contributed by atoms with Gasteiger partial charge in [0.05, 0.1) is 0 Å². The number of piperazine rings is 1. The number of hydrogen-bond donors (Lipinski definition) is 1. The molecule has 1 aromatic heterocycles. The lowest BCUT2D eigenvalue weighted by Crippen LogP contribution is -2.52. The van der Waals surface area contributed by atoms with Crippen molar-refractivity contribution in [1.82, 2.24) is 14.9 Å². The first kappa shape index (κ1) is 13.1. The van der Waals surface area contributed by atoms with Crippen LogP contribution in [0.25, 0.3) is 0 Å². The Kier molecular flexibility index (Phi) is 3.23. The van der Waals surface area contributed by atoms with Gasteiger partial charge in [-0.15, -0.1) is 0 Å². The number of carbonyl (C=O) groups excluding carboxylic acids is 1. The number of carbonyl (C=O) groups is 1. The highest BCUT2D eigenvalue weighted by Gasteiger charge is 2.36. The summed E-state index contributed by atoms with van der Waals surface area (Å²) in [6.07, 6.45) is 3.16. The van der Waals surface area contributed by atoms with Gasteiger partial charge in [0.1, 0.15) is 18.0 Å². The lowest BCUT2D eigenvalue weighted by molar-refractivity contribution is -0.129. The average Bonchev–Trinajstić information content (AvgIpc) is 2.79. The van der Waals surface area contributed by atoms with Gasteiger partial charge in [0.25, 0.3) is 0 Å². The maximum absolute atomic E-state index is 11.7. The van der Waals surface area contributed by atoms with Gasteiger partial charge in [-0.05, 0) is 12.3 Å². The summed E-state index contributed by atoms with van der Waals surface area (Å²) in [7, 11) is 0. The molecule has 2 fully saturated rings. The van der Waals surface area contributed by atoms with E-state index in [0.29, 0.717) is 24.2 Å². The van der Waals surface area contributed by atoms with Crippen LogP contribution in [0.5, 0.6) is 0 Å². The van der Waals surface area contributed by atoms with Gasteiger partial charge in [-0.1, -0.05) is 13.8 Å². The summed E-state index contributed by atoms with van der Waals surface area (Å²) in [6, 6.07) is 0.326. The third-order valence-corrected chi connectivity index (χ3v) is 4.27. The number of amides is 1. The molecule has 0 bridgehead atoms. The predicted molar refractivity (Wildman–Crippen MR) is 77.5 cm³/mol. The second-order valence-corrected chi connectivity index (χ2v) is 5.88. The van der Waals surface area contributed by atoms with Gasteiger partial charge in [-0.2, -0.15) is 0 Å². The van der Waals surface area contributed by atoms with Gasteiger partial charge in [0.2, 0.25) is 5.91 Å². The fourth-order valence-electron chi connectivity index (χ4n) is 3.26. The molecule has 6 nitrogen and oxygen atoms in total. The van der Waals surface area contributed by atoms with Gasteiger partial charge >= 0.3 is 0 Å². The molecule has 0 aromatic carbocycles. The van der Waals surface area contributed by atoms with Gasteiger partial charge < -0.3 is 15.5 Å². The van der Waals surface area contributed by atoms with E-state index < -0.39 is 0 Å². The van der Waals surface area contributed by atoms with E-state index in [0.717, 1.165) is 37.4 Å². The van der Waals surface area contributed by atoms with E-state index in [9.17, 15) is 4.79 Å². The van der Waals surface area contributed by atoms with Crippen LogP contribution in [0.2, 0.25) is 0 Å². The zero-order chi connectivity index (χ0) is 14.3. The molecular formula is C14H21N5O. The van der Waals surface area contributed by atoms with E-state index in [1.807, 2.05) is 4.90 Å². The van der Waals surface area contributed by atoms with Crippen LogP contribution in [0.15, 0.2) is 6.33 Å². The van der Waals surface area contributed by atoms with Crippen LogP contribution >= 0.6 is 0 Å². The van der Waals surface area contributed by atoms with E-state index in [4.69, 9.17) is 5.73 Å². The Hall–Kier alpha value is -1.85. The molecule has 0 radical (unpaired) electrons. The Morgan fingerprint density at radius 1 is 1.35 bits per heavy atom. The predicted octanol–water partition coefficient (Wildman–Crippen LogP) is 0.993. The van der Waals surface area contributed by atoms with Gasteiger partial charge in [0.15, 0.2) is 0 Å². The molecule has 2 aliphatic heterocycles. The molecule has 2 N–H and O–H groups in total. The SMILES string of the molecule is CC(C)c1c(N)ncnc1N1CCN2C(=O)CCC2C1. The third-order valence-electron chi connectivity index (χ3n) is 4.27. The smallest absolute Gasteiger partial charge is 0.223 e.